The zero-order chi connectivity index (χ0) is 22.1. The van der Waals surface area contributed by atoms with Gasteiger partial charge in [-0.05, 0) is 60.8 Å². The van der Waals surface area contributed by atoms with E-state index in [0.29, 0.717) is 30.6 Å². The third-order valence-electron chi connectivity index (χ3n) is 4.71. The summed E-state index contributed by atoms with van der Waals surface area (Å²) in [5.41, 5.74) is -0.293. The van der Waals surface area contributed by atoms with Crippen molar-refractivity contribution in [2.24, 2.45) is 0 Å². The van der Waals surface area contributed by atoms with Gasteiger partial charge < -0.3 is 14.6 Å². The predicted octanol–water partition coefficient (Wildman–Crippen LogP) is 3.49. The number of esters is 1. The SMILES string of the molecule is CC(=O)c1c(Cl)c(C(=O)C(=O)NC(C)(C)CCC(=O)OC(C)(C)C)n2c1CCC2. The van der Waals surface area contributed by atoms with Crippen molar-refractivity contribution in [3.8, 4) is 0 Å². The first-order valence-electron chi connectivity index (χ1n) is 9.74. The molecule has 0 unspecified atom stereocenters. The Morgan fingerprint density at radius 1 is 1.14 bits per heavy atom. The van der Waals surface area contributed by atoms with Gasteiger partial charge in [0.1, 0.15) is 11.3 Å². The number of rotatable bonds is 7. The highest BCUT2D eigenvalue weighted by atomic mass is 35.5. The quantitative estimate of drug-likeness (QED) is 0.410. The van der Waals surface area contributed by atoms with E-state index in [0.717, 1.165) is 6.42 Å². The van der Waals surface area contributed by atoms with E-state index >= 15 is 0 Å². The van der Waals surface area contributed by atoms with Crippen LogP contribution in [0.4, 0.5) is 0 Å². The Kier molecular flexibility index (Phi) is 6.62. The Morgan fingerprint density at radius 2 is 1.76 bits per heavy atom. The summed E-state index contributed by atoms with van der Waals surface area (Å²) in [6.45, 7) is 10.7. The predicted molar refractivity (Wildman–Crippen MR) is 109 cm³/mol. The highest BCUT2D eigenvalue weighted by molar-refractivity contribution is 6.47. The van der Waals surface area contributed by atoms with E-state index in [1.54, 1.807) is 39.2 Å². The molecule has 1 aromatic rings. The summed E-state index contributed by atoms with van der Waals surface area (Å²) in [7, 11) is 0. The van der Waals surface area contributed by atoms with Gasteiger partial charge in [-0.1, -0.05) is 11.6 Å². The molecule has 8 heteroatoms. The second-order valence-electron chi connectivity index (χ2n) is 9.05. The van der Waals surface area contributed by atoms with Gasteiger partial charge in [-0.25, -0.2) is 0 Å². The normalized spacial score (nSPS) is 13.8. The molecular formula is C21H29ClN2O5. The Morgan fingerprint density at radius 3 is 2.31 bits per heavy atom. The number of nitrogens with one attached hydrogen (secondary N) is 1. The van der Waals surface area contributed by atoms with Gasteiger partial charge in [0.2, 0.25) is 0 Å². The molecule has 29 heavy (non-hydrogen) atoms. The van der Waals surface area contributed by atoms with Crippen molar-refractivity contribution < 1.29 is 23.9 Å². The van der Waals surface area contributed by atoms with Gasteiger partial charge in [-0.15, -0.1) is 0 Å². The number of ketones is 2. The molecule has 0 aromatic carbocycles. The lowest BCUT2D eigenvalue weighted by molar-refractivity contribution is -0.155. The fraction of sp³-hybridized carbons (Fsp3) is 0.619. The number of hydrogen-bond donors (Lipinski definition) is 1. The van der Waals surface area contributed by atoms with Gasteiger partial charge in [0.05, 0.1) is 10.6 Å². The number of ether oxygens (including phenoxy) is 1. The minimum atomic E-state index is -0.816. The van der Waals surface area contributed by atoms with Gasteiger partial charge in [0.15, 0.2) is 5.78 Å². The molecule has 7 nitrogen and oxygen atoms in total. The first kappa shape index (κ1) is 23.1. The molecule has 160 valence electrons. The number of carbonyl (C=O) groups is 4. The minimum absolute atomic E-state index is 0.0407. The van der Waals surface area contributed by atoms with Crippen LogP contribution in [0.5, 0.6) is 0 Å². The van der Waals surface area contributed by atoms with Crippen molar-refractivity contribution >= 4 is 35.0 Å². The molecule has 0 saturated heterocycles. The minimum Gasteiger partial charge on any atom is -0.460 e. The zero-order valence-electron chi connectivity index (χ0n) is 17.9. The molecule has 1 aromatic heterocycles. The van der Waals surface area contributed by atoms with E-state index in [-0.39, 0.29) is 28.9 Å². The van der Waals surface area contributed by atoms with Crippen LogP contribution in [0, 0.1) is 0 Å². The number of fused-ring (bicyclic) bond motifs is 1. The summed E-state index contributed by atoms with van der Waals surface area (Å²) in [6, 6.07) is 0. The molecule has 1 N–H and O–H groups in total. The molecule has 2 rings (SSSR count). The van der Waals surface area contributed by atoms with Crippen LogP contribution in [0.2, 0.25) is 5.02 Å². The Hall–Kier alpha value is -2.15. The molecule has 0 saturated carbocycles. The van der Waals surface area contributed by atoms with Crippen molar-refractivity contribution in [2.45, 2.75) is 84.9 Å². The molecule has 0 aliphatic carbocycles. The second-order valence-corrected chi connectivity index (χ2v) is 9.43. The van der Waals surface area contributed by atoms with Crippen LogP contribution in [0.3, 0.4) is 0 Å². The Bertz CT molecular complexity index is 861. The molecule has 2 heterocycles. The van der Waals surface area contributed by atoms with Gasteiger partial charge in [0.25, 0.3) is 11.7 Å². The number of Topliss-reactive ketones (excluding diaryl/α,β-unsaturated/α-hetero) is 2. The zero-order valence-corrected chi connectivity index (χ0v) is 18.7. The molecular weight excluding hydrogens is 396 g/mol. The fourth-order valence-corrected chi connectivity index (χ4v) is 3.90. The maximum atomic E-state index is 12.8. The summed E-state index contributed by atoms with van der Waals surface area (Å²) in [4.78, 5) is 49.4. The number of hydrogen-bond acceptors (Lipinski definition) is 5. The molecule has 0 fully saturated rings. The number of amides is 1. The van der Waals surface area contributed by atoms with Crippen molar-refractivity contribution in [3.05, 3.63) is 22.0 Å². The molecule has 1 aliphatic heterocycles. The third-order valence-corrected chi connectivity index (χ3v) is 5.07. The van der Waals surface area contributed by atoms with Crippen LogP contribution in [0.1, 0.15) is 87.3 Å². The summed E-state index contributed by atoms with van der Waals surface area (Å²) >= 11 is 6.31. The molecule has 0 bridgehead atoms. The van der Waals surface area contributed by atoms with Gasteiger partial charge in [-0.2, -0.15) is 0 Å². The molecule has 0 radical (unpaired) electrons. The van der Waals surface area contributed by atoms with Crippen molar-refractivity contribution in [1.29, 1.82) is 0 Å². The summed E-state index contributed by atoms with van der Waals surface area (Å²) in [6.07, 6.45) is 1.84. The van der Waals surface area contributed by atoms with Crippen LogP contribution in [-0.2, 0) is 27.3 Å². The van der Waals surface area contributed by atoms with E-state index in [4.69, 9.17) is 16.3 Å². The molecule has 0 spiro atoms. The highest BCUT2D eigenvalue weighted by Gasteiger charge is 2.35. The Labute approximate surface area is 176 Å². The lowest BCUT2D eigenvalue weighted by atomic mass is 9.97. The average molecular weight is 425 g/mol. The lowest BCUT2D eigenvalue weighted by Gasteiger charge is -2.26. The highest BCUT2D eigenvalue weighted by Crippen LogP contribution is 2.33. The van der Waals surface area contributed by atoms with Crippen LogP contribution < -0.4 is 5.32 Å². The van der Waals surface area contributed by atoms with Crippen LogP contribution in [0.25, 0.3) is 0 Å². The first-order chi connectivity index (χ1) is 13.2. The number of halogens is 1. The van der Waals surface area contributed by atoms with Crippen molar-refractivity contribution in [3.63, 3.8) is 0 Å². The van der Waals surface area contributed by atoms with Crippen molar-refractivity contribution in [1.82, 2.24) is 9.88 Å². The topological polar surface area (TPSA) is 94.5 Å². The van der Waals surface area contributed by atoms with E-state index in [1.807, 2.05) is 0 Å². The van der Waals surface area contributed by atoms with Crippen LogP contribution in [-0.4, -0.2) is 39.2 Å². The maximum absolute atomic E-state index is 12.8. The number of aromatic nitrogens is 1. The monoisotopic (exact) mass is 424 g/mol. The van der Waals surface area contributed by atoms with E-state index in [9.17, 15) is 19.2 Å². The largest absolute Gasteiger partial charge is 0.460 e. The second kappa shape index (κ2) is 8.30. The van der Waals surface area contributed by atoms with Gasteiger partial charge >= 0.3 is 5.97 Å². The smallest absolute Gasteiger partial charge is 0.306 e. The third kappa shape index (κ3) is 5.47. The molecule has 1 aliphatic rings. The van der Waals surface area contributed by atoms with Crippen LogP contribution >= 0.6 is 11.6 Å². The Balaban J connectivity index is 2.11. The summed E-state index contributed by atoms with van der Waals surface area (Å²) in [5, 5.41) is 2.72. The summed E-state index contributed by atoms with van der Waals surface area (Å²) in [5.74, 6) is -2.19. The van der Waals surface area contributed by atoms with Gasteiger partial charge in [0, 0.05) is 24.2 Å². The van der Waals surface area contributed by atoms with E-state index in [2.05, 4.69) is 5.32 Å². The lowest BCUT2D eigenvalue weighted by Crippen LogP contribution is -2.47. The maximum Gasteiger partial charge on any atom is 0.306 e. The number of nitrogens with zero attached hydrogens (tertiary/aromatic N) is 1. The van der Waals surface area contributed by atoms with E-state index < -0.39 is 22.8 Å². The van der Waals surface area contributed by atoms with Crippen molar-refractivity contribution in [2.75, 3.05) is 0 Å². The average Bonchev–Trinajstić information content (AvgIpc) is 3.09. The molecule has 0 atom stereocenters. The van der Waals surface area contributed by atoms with Gasteiger partial charge in [-0.3, -0.25) is 19.2 Å². The summed E-state index contributed by atoms with van der Waals surface area (Å²) < 4.78 is 6.95. The van der Waals surface area contributed by atoms with Crippen LogP contribution in [0.15, 0.2) is 0 Å². The number of carbonyl (C=O) groups excluding carboxylic acids is 4. The fourth-order valence-electron chi connectivity index (χ4n) is 3.47. The van der Waals surface area contributed by atoms with E-state index in [1.165, 1.54) is 6.92 Å². The molecule has 1 amide bonds. The first-order valence-corrected chi connectivity index (χ1v) is 10.1. The standard InChI is InChI=1S/C21H29ClN2O5/c1-12(25)15-13-8-7-11-24(13)17(16(15)22)18(27)19(28)23-21(5,6)10-9-14(26)29-20(2,3)4/h7-11H2,1-6H3,(H,23,28).